The molecule has 0 aliphatic carbocycles. The van der Waals surface area contributed by atoms with Gasteiger partial charge in [0.05, 0.1) is 0 Å². The maximum Gasteiger partial charge on any atom is 0.0196 e. The highest BCUT2D eigenvalue weighted by Crippen LogP contribution is 2.12. The molecule has 1 aliphatic rings. The summed E-state index contributed by atoms with van der Waals surface area (Å²) in [5.74, 6) is 0. The van der Waals surface area contributed by atoms with Gasteiger partial charge < -0.3 is 10.6 Å². The summed E-state index contributed by atoms with van der Waals surface area (Å²) < 4.78 is 0. The van der Waals surface area contributed by atoms with E-state index in [2.05, 4.69) is 28.1 Å². The molecule has 2 rings (SSSR count). The number of hydrogen-bond acceptors (Lipinski definition) is 3. The fourth-order valence-corrected chi connectivity index (χ4v) is 2.41. The quantitative estimate of drug-likeness (QED) is 0.760. The van der Waals surface area contributed by atoms with Crippen molar-refractivity contribution in [2.45, 2.75) is 18.9 Å². The van der Waals surface area contributed by atoms with E-state index in [1.54, 1.807) is 0 Å². The Balaban J connectivity index is 1.72. The van der Waals surface area contributed by atoms with Gasteiger partial charge in [-0.2, -0.15) is 0 Å². The summed E-state index contributed by atoms with van der Waals surface area (Å²) in [6, 6.07) is 5.03. The largest absolute Gasteiger partial charge is 0.314 e. The summed E-state index contributed by atoms with van der Waals surface area (Å²) in [7, 11) is 0. The highest BCUT2D eigenvalue weighted by Gasteiger charge is 2.11. The van der Waals surface area contributed by atoms with Gasteiger partial charge in [0.25, 0.3) is 0 Å². The molecule has 0 aromatic carbocycles. The first-order valence-electron chi connectivity index (χ1n) is 4.91. The Bertz CT molecular complexity index is 227. The van der Waals surface area contributed by atoms with Crippen LogP contribution in [0.1, 0.15) is 11.3 Å². The van der Waals surface area contributed by atoms with Gasteiger partial charge in [0, 0.05) is 30.6 Å². The zero-order valence-corrected chi connectivity index (χ0v) is 8.57. The first kappa shape index (κ1) is 9.19. The fourth-order valence-electron chi connectivity index (χ4n) is 1.69. The van der Waals surface area contributed by atoms with Crippen molar-refractivity contribution in [2.24, 2.45) is 0 Å². The lowest BCUT2D eigenvalue weighted by molar-refractivity contribution is 0.400. The van der Waals surface area contributed by atoms with Crippen molar-refractivity contribution in [3.63, 3.8) is 0 Å². The molecule has 1 aliphatic heterocycles. The van der Waals surface area contributed by atoms with Crippen molar-refractivity contribution >= 4 is 11.3 Å². The van der Waals surface area contributed by atoms with Gasteiger partial charge in [0.2, 0.25) is 0 Å². The number of aryl methyl sites for hydroxylation is 1. The molecule has 0 bridgehead atoms. The molecule has 1 aromatic heterocycles. The van der Waals surface area contributed by atoms with Crippen molar-refractivity contribution in [1.82, 2.24) is 10.6 Å². The zero-order chi connectivity index (χ0) is 8.93. The zero-order valence-electron chi connectivity index (χ0n) is 7.75. The fraction of sp³-hybridized carbons (Fsp3) is 0.600. The van der Waals surface area contributed by atoms with Gasteiger partial charge in [-0.1, -0.05) is 6.07 Å². The monoisotopic (exact) mass is 196 g/mol. The maximum absolute atomic E-state index is 3.52. The molecule has 0 radical (unpaired) electrons. The van der Waals surface area contributed by atoms with Gasteiger partial charge in [-0.3, -0.25) is 0 Å². The van der Waals surface area contributed by atoms with Crippen LogP contribution in [0.5, 0.6) is 0 Å². The summed E-state index contributed by atoms with van der Waals surface area (Å²) in [6.07, 6.45) is 2.48. The van der Waals surface area contributed by atoms with E-state index in [9.17, 15) is 0 Å². The van der Waals surface area contributed by atoms with Crippen LogP contribution in [-0.4, -0.2) is 25.7 Å². The predicted octanol–water partition coefficient (Wildman–Crippen LogP) is 1.24. The van der Waals surface area contributed by atoms with Crippen molar-refractivity contribution in [1.29, 1.82) is 0 Å². The standard InChI is InChI=1S/C10H16N2S/c1-2-10(13-7-1)4-3-9-8-11-5-6-12-9/h1-2,7,9,11-12H,3-6,8H2/t9-/m0/s1. The van der Waals surface area contributed by atoms with E-state index >= 15 is 0 Å². The Labute approximate surface area is 83.4 Å². The number of rotatable bonds is 3. The Hall–Kier alpha value is -0.380. The molecule has 0 spiro atoms. The lowest BCUT2D eigenvalue weighted by Gasteiger charge is -2.24. The molecule has 2 nitrogen and oxygen atoms in total. The third-order valence-corrected chi connectivity index (χ3v) is 3.38. The van der Waals surface area contributed by atoms with Crippen LogP contribution in [0, 0.1) is 0 Å². The topological polar surface area (TPSA) is 24.1 Å². The summed E-state index contributed by atoms with van der Waals surface area (Å²) >= 11 is 1.86. The molecule has 1 saturated heterocycles. The molecule has 1 fully saturated rings. The minimum absolute atomic E-state index is 0.677. The second kappa shape index (κ2) is 4.74. The number of hydrogen-bond donors (Lipinski definition) is 2. The van der Waals surface area contributed by atoms with Crippen LogP contribution in [-0.2, 0) is 6.42 Å². The summed E-state index contributed by atoms with van der Waals surface area (Å²) in [5, 5.41) is 9.08. The van der Waals surface area contributed by atoms with Gasteiger partial charge >= 0.3 is 0 Å². The molecule has 72 valence electrons. The van der Waals surface area contributed by atoms with Crippen molar-refractivity contribution < 1.29 is 0 Å². The van der Waals surface area contributed by atoms with Crippen LogP contribution >= 0.6 is 11.3 Å². The second-order valence-corrected chi connectivity index (χ2v) is 4.51. The van der Waals surface area contributed by atoms with Crippen molar-refractivity contribution in [2.75, 3.05) is 19.6 Å². The molecule has 0 saturated carbocycles. The highest BCUT2D eigenvalue weighted by molar-refractivity contribution is 7.09. The molecule has 3 heteroatoms. The molecule has 1 aromatic rings. The van der Waals surface area contributed by atoms with Crippen LogP contribution in [0.4, 0.5) is 0 Å². The molecule has 1 atom stereocenters. The Morgan fingerprint density at radius 3 is 3.15 bits per heavy atom. The predicted molar refractivity (Wildman–Crippen MR) is 57.3 cm³/mol. The van der Waals surface area contributed by atoms with Gasteiger partial charge in [0.15, 0.2) is 0 Å². The third kappa shape index (κ3) is 2.79. The van der Waals surface area contributed by atoms with Crippen LogP contribution in [0.15, 0.2) is 17.5 Å². The Morgan fingerprint density at radius 2 is 2.46 bits per heavy atom. The number of nitrogens with one attached hydrogen (secondary N) is 2. The lowest BCUT2D eigenvalue weighted by Crippen LogP contribution is -2.48. The van der Waals surface area contributed by atoms with Crippen LogP contribution in [0.25, 0.3) is 0 Å². The minimum Gasteiger partial charge on any atom is -0.314 e. The van der Waals surface area contributed by atoms with Gasteiger partial charge in [-0.05, 0) is 24.3 Å². The van der Waals surface area contributed by atoms with E-state index < -0.39 is 0 Å². The van der Waals surface area contributed by atoms with Gasteiger partial charge in [-0.15, -0.1) is 11.3 Å². The van der Waals surface area contributed by atoms with E-state index in [1.807, 2.05) is 11.3 Å². The smallest absolute Gasteiger partial charge is 0.0196 e. The molecule has 13 heavy (non-hydrogen) atoms. The second-order valence-electron chi connectivity index (χ2n) is 3.47. The lowest BCUT2D eigenvalue weighted by atomic mass is 10.1. The van der Waals surface area contributed by atoms with E-state index in [0.717, 1.165) is 19.6 Å². The Morgan fingerprint density at radius 1 is 1.46 bits per heavy atom. The average molecular weight is 196 g/mol. The summed E-state index contributed by atoms with van der Waals surface area (Å²) in [5.41, 5.74) is 0. The number of thiophene rings is 1. The number of piperazine rings is 1. The molecule has 2 N–H and O–H groups in total. The minimum atomic E-state index is 0.677. The first-order chi connectivity index (χ1) is 6.45. The van der Waals surface area contributed by atoms with E-state index in [-0.39, 0.29) is 0 Å². The highest BCUT2D eigenvalue weighted by atomic mass is 32.1. The molecule has 0 unspecified atom stereocenters. The molecule has 2 heterocycles. The van der Waals surface area contributed by atoms with Crippen molar-refractivity contribution in [3.05, 3.63) is 22.4 Å². The normalized spacial score (nSPS) is 23.2. The first-order valence-corrected chi connectivity index (χ1v) is 5.79. The van der Waals surface area contributed by atoms with Gasteiger partial charge in [-0.25, -0.2) is 0 Å². The Kier molecular flexibility index (Phi) is 3.35. The average Bonchev–Trinajstić information content (AvgIpc) is 2.69. The molecular formula is C10H16N2S. The molecular weight excluding hydrogens is 180 g/mol. The van der Waals surface area contributed by atoms with E-state index in [4.69, 9.17) is 0 Å². The van der Waals surface area contributed by atoms with Crippen molar-refractivity contribution in [3.8, 4) is 0 Å². The van der Waals surface area contributed by atoms with E-state index in [1.165, 1.54) is 17.7 Å². The summed E-state index contributed by atoms with van der Waals surface area (Å²) in [6.45, 7) is 3.37. The SMILES string of the molecule is c1csc(CC[C@H]2CNCCN2)c1. The maximum atomic E-state index is 3.52. The van der Waals surface area contributed by atoms with Crippen LogP contribution in [0.2, 0.25) is 0 Å². The third-order valence-electron chi connectivity index (χ3n) is 2.44. The molecule has 0 amide bonds. The summed E-state index contributed by atoms with van der Waals surface area (Å²) in [4.78, 5) is 1.51. The van der Waals surface area contributed by atoms with E-state index in [0.29, 0.717) is 6.04 Å². The van der Waals surface area contributed by atoms with Gasteiger partial charge in [0.1, 0.15) is 0 Å². The van der Waals surface area contributed by atoms with Crippen LogP contribution < -0.4 is 10.6 Å². The van der Waals surface area contributed by atoms with Crippen LogP contribution in [0.3, 0.4) is 0 Å².